The molecule has 2 atom stereocenters. The fourth-order valence-electron chi connectivity index (χ4n) is 3.81. The minimum absolute atomic E-state index is 0.104. The molecular formula is C25H26F5N5O. The van der Waals surface area contributed by atoms with Crippen LogP contribution in [0.15, 0.2) is 65.3 Å². The lowest BCUT2D eigenvalue weighted by Crippen LogP contribution is -2.55. The maximum atomic E-state index is 13.6. The van der Waals surface area contributed by atoms with E-state index in [4.69, 9.17) is 4.74 Å². The summed E-state index contributed by atoms with van der Waals surface area (Å²) in [5, 5.41) is 9.48. The zero-order valence-corrected chi connectivity index (χ0v) is 19.6. The van der Waals surface area contributed by atoms with Gasteiger partial charge in [0.2, 0.25) is 0 Å². The van der Waals surface area contributed by atoms with Crippen LogP contribution in [0.25, 0.3) is 5.70 Å². The van der Waals surface area contributed by atoms with Gasteiger partial charge in [-0.15, -0.1) is 0 Å². The van der Waals surface area contributed by atoms with Crippen molar-refractivity contribution in [2.24, 2.45) is 10.9 Å². The van der Waals surface area contributed by atoms with Crippen LogP contribution in [0.5, 0.6) is 0 Å². The maximum Gasteiger partial charge on any atom is 0.418 e. The zero-order chi connectivity index (χ0) is 25.9. The molecule has 192 valence electrons. The summed E-state index contributed by atoms with van der Waals surface area (Å²) in [6, 6.07) is 7.91. The van der Waals surface area contributed by atoms with Gasteiger partial charge < -0.3 is 15.4 Å². The average molecular weight is 508 g/mol. The summed E-state index contributed by atoms with van der Waals surface area (Å²) in [6.07, 6.45) is -3.78. The Morgan fingerprint density at radius 2 is 1.83 bits per heavy atom. The average Bonchev–Trinajstić information content (AvgIpc) is 2.83. The number of benzene rings is 1. The van der Waals surface area contributed by atoms with E-state index in [1.807, 2.05) is 13.8 Å². The highest BCUT2D eigenvalue weighted by Gasteiger charge is 2.37. The van der Waals surface area contributed by atoms with Crippen LogP contribution in [0.1, 0.15) is 37.1 Å². The zero-order valence-electron chi connectivity index (χ0n) is 19.6. The van der Waals surface area contributed by atoms with Crippen molar-refractivity contribution in [3.05, 3.63) is 77.1 Å². The van der Waals surface area contributed by atoms with Crippen LogP contribution in [-0.2, 0) is 10.9 Å². The van der Waals surface area contributed by atoms with Crippen LogP contribution < -0.4 is 16.0 Å². The summed E-state index contributed by atoms with van der Waals surface area (Å²) in [5.41, 5.74) is 0.219. The number of rotatable bonds is 7. The van der Waals surface area contributed by atoms with Crippen molar-refractivity contribution >= 4 is 17.2 Å². The first-order valence-electron chi connectivity index (χ1n) is 11.4. The van der Waals surface area contributed by atoms with Gasteiger partial charge in [0.15, 0.2) is 0 Å². The Bertz CT molecular complexity index is 1160. The maximum absolute atomic E-state index is 13.6. The molecule has 6 nitrogen and oxygen atoms in total. The van der Waals surface area contributed by atoms with E-state index in [1.165, 1.54) is 42.6 Å². The molecule has 0 saturated carbocycles. The number of fused-ring (bicyclic) bond motifs is 1. The van der Waals surface area contributed by atoms with Gasteiger partial charge in [0, 0.05) is 29.6 Å². The van der Waals surface area contributed by atoms with E-state index in [0.29, 0.717) is 29.6 Å². The number of ether oxygens (including phenoxy) is 1. The third-order valence-corrected chi connectivity index (χ3v) is 5.48. The molecule has 2 unspecified atom stereocenters. The number of pyridine rings is 1. The van der Waals surface area contributed by atoms with Gasteiger partial charge in [-0.1, -0.05) is 26.0 Å². The molecule has 36 heavy (non-hydrogen) atoms. The van der Waals surface area contributed by atoms with E-state index in [9.17, 15) is 22.0 Å². The largest absolute Gasteiger partial charge is 0.418 e. The van der Waals surface area contributed by atoms with E-state index >= 15 is 0 Å². The minimum atomic E-state index is -4.57. The SMILES string of the molecule is CC(C)COCC1N=C(Nc2ccc(C(F)F)cc2)C2=CC=C(c3ncccc3C(F)(F)F)NC2N1. The third-order valence-electron chi connectivity index (χ3n) is 5.48. The van der Waals surface area contributed by atoms with Gasteiger partial charge >= 0.3 is 6.18 Å². The van der Waals surface area contributed by atoms with Crippen molar-refractivity contribution < 1.29 is 26.7 Å². The Balaban J connectivity index is 1.63. The molecule has 2 aliphatic heterocycles. The molecule has 2 aliphatic rings. The molecule has 0 fully saturated rings. The first-order valence-corrected chi connectivity index (χ1v) is 11.4. The Morgan fingerprint density at radius 1 is 1.08 bits per heavy atom. The van der Waals surface area contributed by atoms with Crippen molar-refractivity contribution in [1.82, 2.24) is 15.6 Å². The standard InChI is InChI=1S/C25H26F5N5O/c1-14(2)12-36-13-20-34-23(32-16-7-5-15(6-8-16)22(26)27)17-9-10-19(33-24(17)35-20)21-18(25(28,29)30)4-3-11-31-21/h3-11,14,20,22,24,33,35H,12-13H2,1-2H3,(H,32,34). The quantitative estimate of drug-likeness (QED) is 0.441. The summed E-state index contributed by atoms with van der Waals surface area (Å²) in [7, 11) is 0. The predicted octanol–water partition coefficient (Wildman–Crippen LogP) is 5.35. The number of nitrogens with one attached hydrogen (secondary N) is 3. The number of amidine groups is 1. The monoisotopic (exact) mass is 507 g/mol. The van der Waals surface area contributed by atoms with E-state index in [0.717, 1.165) is 6.07 Å². The smallest absolute Gasteiger partial charge is 0.378 e. The molecule has 3 N–H and O–H groups in total. The number of hydrogen-bond donors (Lipinski definition) is 3. The number of hydrogen-bond acceptors (Lipinski definition) is 6. The lowest BCUT2D eigenvalue weighted by atomic mass is 10.0. The molecule has 1 aromatic carbocycles. The van der Waals surface area contributed by atoms with Crippen molar-refractivity contribution in [3.8, 4) is 0 Å². The summed E-state index contributed by atoms with van der Waals surface area (Å²) in [6.45, 7) is 4.77. The van der Waals surface area contributed by atoms with E-state index < -0.39 is 30.5 Å². The second kappa shape index (κ2) is 10.8. The lowest BCUT2D eigenvalue weighted by Gasteiger charge is -2.36. The van der Waals surface area contributed by atoms with E-state index in [2.05, 4.69) is 25.9 Å². The fourth-order valence-corrected chi connectivity index (χ4v) is 3.81. The van der Waals surface area contributed by atoms with Crippen LogP contribution >= 0.6 is 0 Å². The van der Waals surface area contributed by atoms with Gasteiger partial charge in [-0.3, -0.25) is 10.3 Å². The van der Waals surface area contributed by atoms with Gasteiger partial charge in [-0.05, 0) is 42.3 Å². The number of aromatic nitrogens is 1. The van der Waals surface area contributed by atoms with E-state index in [1.54, 1.807) is 6.08 Å². The summed E-state index contributed by atoms with van der Waals surface area (Å²) in [4.78, 5) is 8.62. The van der Waals surface area contributed by atoms with Crippen molar-refractivity contribution in [3.63, 3.8) is 0 Å². The Hall–Kier alpha value is -3.31. The third kappa shape index (κ3) is 6.08. The van der Waals surface area contributed by atoms with Crippen LogP contribution in [0.3, 0.4) is 0 Å². The van der Waals surface area contributed by atoms with Crippen molar-refractivity contribution in [2.45, 2.75) is 38.8 Å². The van der Waals surface area contributed by atoms with Gasteiger partial charge in [0.25, 0.3) is 6.43 Å². The molecule has 1 aromatic heterocycles. The summed E-state index contributed by atoms with van der Waals surface area (Å²) in [5.74, 6) is 0.757. The number of allylic oxidation sites excluding steroid dienone is 2. The molecule has 0 spiro atoms. The topological polar surface area (TPSA) is 70.6 Å². The molecular weight excluding hydrogens is 481 g/mol. The molecule has 2 aromatic rings. The first kappa shape index (κ1) is 25.8. The normalized spacial score (nSPS) is 19.9. The van der Waals surface area contributed by atoms with Gasteiger partial charge in [-0.2, -0.15) is 13.2 Å². The molecule has 0 radical (unpaired) electrons. The second-order valence-corrected chi connectivity index (χ2v) is 8.82. The summed E-state index contributed by atoms with van der Waals surface area (Å²) < 4.78 is 72.3. The van der Waals surface area contributed by atoms with Crippen LogP contribution in [0.2, 0.25) is 0 Å². The number of halogens is 5. The molecule has 0 aliphatic carbocycles. The molecule has 11 heteroatoms. The number of nitrogens with zero attached hydrogens (tertiary/aromatic N) is 2. The second-order valence-electron chi connectivity index (χ2n) is 8.82. The van der Waals surface area contributed by atoms with Crippen molar-refractivity contribution in [1.29, 1.82) is 0 Å². The Morgan fingerprint density at radius 3 is 2.50 bits per heavy atom. The Kier molecular flexibility index (Phi) is 7.70. The first-order chi connectivity index (χ1) is 17.1. The summed E-state index contributed by atoms with van der Waals surface area (Å²) >= 11 is 0. The van der Waals surface area contributed by atoms with Crippen LogP contribution in [0.4, 0.5) is 27.6 Å². The molecule has 3 heterocycles. The van der Waals surface area contributed by atoms with Crippen LogP contribution in [0, 0.1) is 5.92 Å². The minimum Gasteiger partial charge on any atom is -0.378 e. The predicted molar refractivity (Wildman–Crippen MR) is 127 cm³/mol. The number of anilines is 1. The molecule has 0 amide bonds. The lowest BCUT2D eigenvalue weighted by molar-refractivity contribution is -0.138. The Labute approximate surface area is 205 Å². The number of alkyl halides is 5. The van der Waals surface area contributed by atoms with Gasteiger partial charge in [-0.25, -0.2) is 13.8 Å². The van der Waals surface area contributed by atoms with Crippen LogP contribution in [-0.4, -0.2) is 36.4 Å². The highest BCUT2D eigenvalue weighted by atomic mass is 19.4. The highest BCUT2D eigenvalue weighted by Crippen LogP contribution is 2.34. The van der Waals surface area contributed by atoms with Crippen molar-refractivity contribution in [2.75, 3.05) is 18.5 Å². The molecule has 0 bridgehead atoms. The van der Waals surface area contributed by atoms with Gasteiger partial charge in [0.1, 0.15) is 18.2 Å². The number of dihydropyridines is 1. The molecule has 0 saturated heterocycles. The fraction of sp³-hybridized carbons (Fsp3) is 0.360. The highest BCUT2D eigenvalue weighted by molar-refractivity contribution is 6.10. The number of aliphatic imine (C=N–C) groups is 1. The van der Waals surface area contributed by atoms with Gasteiger partial charge in [0.05, 0.1) is 23.6 Å². The molecule has 4 rings (SSSR count). The van der Waals surface area contributed by atoms with E-state index in [-0.39, 0.29) is 23.6 Å².